The number of nitrogens with one attached hydrogen (secondary N) is 1. The van der Waals surface area contributed by atoms with E-state index in [2.05, 4.69) is 83.2 Å². The van der Waals surface area contributed by atoms with Crippen LogP contribution in [0.15, 0.2) is 53.4 Å². The van der Waals surface area contributed by atoms with Gasteiger partial charge in [0, 0.05) is 35.7 Å². The fourth-order valence-electron chi connectivity index (χ4n) is 5.16. The van der Waals surface area contributed by atoms with E-state index < -0.39 is 0 Å². The highest BCUT2D eigenvalue weighted by molar-refractivity contribution is 8.00. The Morgan fingerprint density at radius 2 is 1.58 bits per heavy atom. The standard InChI is InChI=1S/C35H49N5O2S/c1-24-12-10-13-25(2)31(24)29-21-30-37-33(36-29)38-43-28-15-11-14-26(20-28)32(41)39(9)22-27(42-30)23-40(18-16-34(3,4)5)19-17-35(6,7)8/h10-15,20-21,27H,16-19,22-23H2,1-9H3,(H,36,37,38). The molecule has 8 heteroatoms. The van der Waals surface area contributed by atoms with Crippen LogP contribution in [0.2, 0.25) is 0 Å². The van der Waals surface area contributed by atoms with E-state index in [0.29, 0.717) is 30.5 Å². The van der Waals surface area contributed by atoms with Crippen molar-refractivity contribution >= 4 is 23.8 Å². The SMILES string of the molecule is Cc1cccc(C)c1-c1cc2nc(n1)NSc1cccc(c1)C(=O)N(C)CC(CN(CCC(C)(C)C)CCC(C)(C)C)O2. The number of ether oxygens (including phenoxy) is 1. The number of carbonyl (C=O) groups is 1. The number of fused-ring (bicyclic) bond motifs is 4. The molecule has 1 aromatic heterocycles. The minimum atomic E-state index is -0.293. The summed E-state index contributed by atoms with van der Waals surface area (Å²) in [6, 6.07) is 15.9. The Bertz CT molecular complexity index is 1370. The lowest BCUT2D eigenvalue weighted by Gasteiger charge is -2.33. The van der Waals surface area contributed by atoms with Gasteiger partial charge >= 0.3 is 0 Å². The Kier molecular flexibility index (Phi) is 10.4. The maximum Gasteiger partial charge on any atom is 0.253 e. The zero-order chi connectivity index (χ0) is 31.4. The molecule has 0 fully saturated rings. The minimum absolute atomic E-state index is 0.0275. The topological polar surface area (TPSA) is 70.6 Å². The second-order valence-electron chi connectivity index (χ2n) is 14.3. The molecule has 2 heterocycles. The average Bonchev–Trinajstić information content (AvgIpc) is 2.91. The molecule has 0 saturated heterocycles. The summed E-state index contributed by atoms with van der Waals surface area (Å²) >= 11 is 1.39. The Hall–Kier alpha value is -3.10. The summed E-state index contributed by atoms with van der Waals surface area (Å²) in [5, 5.41) is 0. The van der Waals surface area contributed by atoms with Crippen LogP contribution in [0.5, 0.6) is 5.88 Å². The van der Waals surface area contributed by atoms with Gasteiger partial charge in [-0.15, -0.1) is 0 Å². The van der Waals surface area contributed by atoms with Crippen molar-refractivity contribution in [3.63, 3.8) is 0 Å². The number of amides is 1. The zero-order valence-electron chi connectivity index (χ0n) is 27.5. The van der Waals surface area contributed by atoms with Crippen molar-refractivity contribution in [3.8, 4) is 17.1 Å². The number of aromatic nitrogens is 2. The first kappa shape index (κ1) is 32.8. The van der Waals surface area contributed by atoms with E-state index in [9.17, 15) is 4.79 Å². The van der Waals surface area contributed by atoms with Gasteiger partial charge in [0.25, 0.3) is 5.91 Å². The van der Waals surface area contributed by atoms with Crippen LogP contribution in [-0.4, -0.2) is 65.0 Å². The predicted octanol–water partition coefficient (Wildman–Crippen LogP) is 7.89. The van der Waals surface area contributed by atoms with E-state index in [0.717, 1.165) is 53.2 Å². The van der Waals surface area contributed by atoms with E-state index in [1.807, 2.05) is 37.4 Å². The van der Waals surface area contributed by atoms with Crippen LogP contribution in [0, 0.1) is 24.7 Å². The van der Waals surface area contributed by atoms with Crippen molar-refractivity contribution in [1.29, 1.82) is 0 Å². The fraction of sp³-hybridized carbons (Fsp3) is 0.514. The highest BCUT2D eigenvalue weighted by Crippen LogP contribution is 2.31. The van der Waals surface area contributed by atoms with Gasteiger partial charge in [-0.1, -0.05) is 65.8 Å². The molecule has 7 nitrogen and oxygen atoms in total. The fourth-order valence-corrected chi connectivity index (χ4v) is 5.79. The molecule has 2 aromatic carbocycles. The summed E-state index contributed by atoms with van der Waals surface area (Å²) < 4.78 is 10.1. The van der Waals surface area contributed by atoms with E-state index in [1.165, 1.54) is 11.9 Å². The quantitative estimate of drug-likeness (QED) is 0.275. The molecule has 1 aliphatic heterocycles. The molecular formula is C35H49N5O2S. The first-order chi connectivity index (χ1) is 20.2. The molecule has 0 saturated carbocycles. The zero-order valence-corrected chi connectivity index (χ0v) is 28.3. The van der Waals surface area contributed by atoms with E-state index in [4.69, 9.17) is 14.7 Å². The molecule has 4 rings (SSSR count). The van der Waals surface area contributed by atoms with Crippen molar-refractivity contribution < 1.29 is 9.53 Å². The lowest BCUT2D eigenvalue weighted by Crippen LogP contribution is -2.45. The Labute approximate surface area is 263 Å². The monoisotopic (exact) mass is 603 g/mol. The number of rotatable bonds is 7. The van der Waals surface area contributed by atoms with E-state index >= 15 is 0 Å². The van der Waals surface area contributed by atoms with Crippen LogP contribution in [0.25, 0.3) is 11.3 Å². The Morgan fingerprint density at radius 3 is 2.21 bits per heavy atom. The molecule has 0 aliphatic carbocycles. The minimum Gasteiger partial charge on any atom is -0.471 e. The first-order valence-corrected chi connectivity index (χ1v) is 16.1. The lowest BCUT2D eigenvalue weighted by atomic mass is 9.90. The van der Waals surface area contributed by atoms with Gasteiger partial charge in [-0.3, -0.25) is 14.4 Å². The van der Waals surface area contributed by atoms with Gasteiger partial charge in [-0.05, 0) is 91.9 Å². The molecule has 3 aromatic rings. The van der Waals surface area contributed by atoms with Crippen molar-refractivity contribution in [2.24, 2.45) is 10.8 Å². The molecule has 1 aliphatic rings. The number of benzene rings is 2. The maximum absolute atomic E-state index is 13.6. The van der Waals surface area contributed by atoms with Crippen LogP contribution in [0.3, 0.4) is 0 Å². The highest BCUT2D eigenvalue weighted by atomic mass is 32.2. The molecule has 1 atom stereocenters. The number of hydrogen-bond acceptors (Lipinski definition) is 7. The van der Waals surface area contributed by atoms with Gasteiger partial charge in [-0.25, -0.2) is 4.98 Å². The van der Waals surface area contributed by atoms with Crippen molar-refractivity contribution in [1.82, 2.24) is 19.8 Å². The lowest BCUT2D eigenvalue weighted by molar-refractivity contribution is 0.0615. The molecule has 4 bridgehead atoms. The normalized spacial score (nSPS) is 16.2. The van der Waals surface area contributed by atoms with Gasteiger partial charge in [0.1, 0.15) is 6.10 Å². The molecule has 0 spiro atoms. The van der Waals surface area contributed by atoms with Crippen molar-refractivity contribution in [3.05, 3.63) is 65.2 Å². The molecular weight excluding hydrogens is 554 g/mol. The third-order valence-electron chi connectivity index (χ3n) is 7.71. The summed E-state index contributed by atoms with van der Waals surface area (Å²) in [5.74, 6) is 0.944. The van der Waals surface area contributed by atoms with Gasteiger partial charge in [0.15, 0.2) is 0 Å². The Morgan fingerprint density at radius 1 is 0.953 bits per heavy atom. The summed E-state index contributed by atoms with van der Waals surface area (Å²) in [6.07, 6.45) is 1.85. The molecule has 43 heavy (non-hydrogen) atoms. The number of nitrogens with zero attached hydrogens (tertiary/aromatic N) is 4. The number of carbonyl (C=O) groups excluding carboxylic acids is 1. The van der Waals surface area contributed by atoms with Crippen LogP contribution >= 0.6 is 11.9 Å². The number of anilines is 1. The summed E-state index contributed by atoms with van der Waals surface area (Å²) in [7, 11) is 1.86. The predicted molar refractivity (Wildman–Crippen MR) is 179 cm³/mol. The van der Waals surface area contributed by atoms with Gasteiger partial charge < -0.3 is 9.64 Å². The Balaban J connectivity index is 1.75. The average molecular weight is 604 g/mol. The molecule has 1 unspecified atom stereocenters. The van der Waals surface area contributed by atoms with Crippen LogP contribution in [-0.2, 0) is 0 Å². The summed E-state index contributed by atoms with van der Waals surface area (Å²) in [5.41, 5.74) is 5.26. The third kappa shape index (κ3) is 9.70. The molecule has 232 valence electrons. The second-order valence-corrected chi connectivity index (χ2v) is 15.1. The molecule has 0 radical (unpaired) electrons. The van der Waals surface area contributed by atoms with E-state index in [-0.39, 0.29) is 22.8 Å². The number of likely N-dealkylation sites (N-methyl/N-ethyl adjacent to an activating group) is 1. The van der Waals surface area contributed by atoms with Crippen molar-refractivity contribution in [2.45, 2.75) is 79.2 Å². The van der Waals surface area contributed by atoms with Gasteiger partial charge in [0.2, 0.25) is 11.8 Å². The maximum atomic E-state index is 13.6. The molecule has 1 amide bonds. The van der Waals surface area contributed by atoms with Crippen LogP contribution in [0.1, 0.15) is 75.9 Å². The highest BCUT2D eigenvalue weighted by Gasteiger charge is 2.25. The smallest absolute Gasteiger partial charge is 0.253 e. The number of hydrogen-bond donors (Lipinski definition) is 1. The van der Waals surface area contributed by atoms with E-state index in [1.54, 1.807) is 4.90 Å². The second kappa shape index (κ2) is 13.7. The number of aryl methyl sites for hydroxylation is 2. The van der Waals surface area contributed by atoms with Crippen LogP contribution < -0.4 is 9.46 Å². The van der Waals surface area contributed by atoms with Crippen LogP contribution in [0.4, 0.5) is 5.95 Å². The van der Waals surface area contributed by atoms with Gasteiger partial charge in [-0.2, -0.15) is 4.98 Å². The van der Waals surface area contributed by atoms with Gasteiger partial charge in [0.05, 0.1) is 12.2 Å². The molecule has 1 N–H and O–H groups in total. The first-order valence-electron chi connectivity index (χ1n) is 15.3. The summed E-state index contributed by atoms with van der Waals surface area (Å²) in [4.78, 5) is 28.5. The van der Waals surface area contributed by atoms with Crippen molar-refractivity contribution in [2.75, 3.05) is 37.9 Å². The summed E-state index contributed by atoms with van der Waals surface area (Å²) in [6.45, 7) is 21.0. The third-order valence-corrected chi connectivity index (χ3v) is 8.48. The largest absolute Gasteiger partial charge is 0.471 e.